The van der Waals surface area contributed by atoms with Crippen LogP contribution in [0.1, 0.15) is 62.0 Å². The van der Waals surface area contributed by atoms with Gasteiger partial charge in [-0.25, -0.2) is 4.79 Å². The van der Waals surface area contributed by atoms with Crippen molar-refractivity contribution in [3.05, 3.63) is 59.7 Å². The zero-order valence-electron chi connectivity index (χ0n) is 19.7. The van der Waals surface area contributed by atoms with E-state index in [4.69, 9.17) is 4.74 Å². The largest absolute Gasteiger partial charge is 0.481 e. The lowest BCUT2D eigenvalue weighted by Crippen LogP contribution is -2.53. The van der Waals surface area contributed by atoms with E-state index in [1.54, 1.807) is 0 Å². The Bertz CT molecular complexity index is 1070. The molecule has 0 bridgehead atoms. The molecule has 0 aromatic heterocycles. The fraction of sp³-hybridized carbons (Fsp3) is 0.464. The molecule has 2 aromatic carbocycles. The summed E-state index contributed by atoms with van der Waals surface area (Å²) < 4.78 is 5.64. The molecule has 184 valence electrons. The molecule has 0 heterocycles. The van der Waals surface area contributed by atoms with Crippen LogP contribution in [0.25, 0.3) is 11.1 Å². The fourth-order valence-electron chi connectivity index (χ4n) is 5.64. The van der Waals surface area contributed by atoms with Gasteiger partial charge in [0.2, 0.25) is 5.91 Å². The molecule has 2 aromatic rings. The average Bonchev–Trinajstić information content (AvgIpc) is 3.67. The van der Waals surface area contributed by atoms with E-state index in [1.807, 2.05) is 24.3 Å². The van der Waals surface area contributed by atoms with Crippen LogP contribution in [0.2, 0.25) is 0 Å². The molecule has 7 heteroatoms. The standard InChI is InChI=1S/C28H32N2O5/c31-26(29-24-13-3-1-2-12-22(24)27(32)33)25(17-14-15-17)30-28(34)35-16-23-20-10-6-4-8-18(20)19-9-5-7-11-21(19)23/h4-11,17,22-25H,1-3,12-16H2,(H,29,31)(H,30,34)(H,32,33). The third-order valence-corrected chi connectivity index (χ3v) is 7.65. The predicted octanol–water partition coefficient (Wildman–Crippen LogP) is 4.45. The number of hydrogen-bond acceptors (Lipinski definition) is 4. The van der Waals surface area contributed by atoms with Crippen LogP contribution in [-0.2, 0) is 14.3 Å². The van der Waals surface area contributed by atoms with Crippen LogP contribution in [0, 0.1) is 11.8 Å². The van der Waals surface area contributed by atoms with E-state index in [-0.39, 0.29) is 24.3 Å². The molecule has 2 amide bonds. The number of nitrogens with one attached hydrogen (secondary N) is 2. The maximum Gasteiger partial charge on any atom is 0.407 e. The van der Waals surface area contributed by atoms with Crippen LogP contribution in [0.15, 0.2) is 48.5 Å². The fourth-order valence-corrected chi connectivity index (χ4v) is 5.64. The molecule has 0 spiro atoms. The van der Waals surface area contributed by atoms with Crippen molar-refractivity contribution in [3.8, 4) is 11.1 Å². The normalized spacial score (nSPS) is 22.3. The number of benzene rings is 2. The van der Waals surface area contributed by atoms with Crippen molar-refractivity contribution < 1.29 is 24.2 Å². The van der Waals surface area contributed by atoms with E-state index >= 15 is 0 Å². The van der Waals surface area contributed by atoms with E-state index in [2.05, 4.69) is 34.9 Å². The maximum absolute atomic E-state index is 13.1. The molecular formula is C28H32N2O5. The number of fused-ring (bicyclic) bond motifs is 3. The van der Waals surface area contributed by atoms with Gasteiger partial charge in [0.1, 0.15) is 12.6 Å². The first-order valence-corrected chi connectivity index (χ1v) is 12.7. The molecule has 0 saturated heterocycles. The van der Waals surface area contributed by atoms with Gasteiger partial charge in [-0.3, -0.25) is 9.59 Å². The number of aliphatic carboxylic acids is 1. The van der Waals surface area contributed by atoms with Gasteiger partial charge in [-0.15, -0.1) is 0 Å². The van der Waals surface area contributed by atoms with Crippen molar-refractivity contribution in [2.75, 3.05) is 6.61 Å². The highest BCUT2D eigenvalue weighted by atomic mass is 16.5. The van der Waals surface area contributed by atoms with Crippen molar-refractivity contribution >= 4 is 18.0 Å². The summed E-state index contributed by atoms with van der Waals surface area (Å²) in [6.45, 7) is 0.183. The first kappa shape index (κ1) is 23.4. The monoisotopic (exact) mass is 476 g/mol. The second-order valence-electron chi connectivity index (χ2n) is 9.98. The highest BCUT2D eigenvalue weighted by Gasteiger charge is 2.40. The van der Waals surface area contributed by atoms with Crippen LogP contribution >= 0.6 is 0 Å². The number of carboxylic acids is 1. The Kier molecular flexibility index (Phi) is 6.75. The smallest absolute Gasteiger partial charge is 0.407 e. The number of hydrogen-bond donors (Lipinski definition) is 3. The third-order valence-electron chi connectivity index (χ3n) is 7.65. The maximum atomic E-state index is 13.1. The minimum Gasteiger partial charge on any atom is -0.481 e. The Morgan fingerprint density at radius 1 is 0.886 bits per heavy atom. The lowest BCUT2D eigenvalue weighted by molar-refractivity contribution is -0.143. The van der Waals surface area contributed by atoms with Gasteiger partial charge in [0.05, 0.1) is 5.92 Å². The van der Waals surface area contributed by atoms with Crippen molar-refractivity contribution in [1.82, 2.24) is 10.6 Å². The van der Waals surface area contributed by atoms with Gasteiger partial charge in [0, 0.05) is 12.0 Å². The summed E-state index contributed by atoms with van der Waals surface area (Å²) in [5, 5.41) is 15.4. The summed E-state index contributed by atoms with van der Waals surface area (Å²) in [6, 6.07) is 15.2. The summed E-state index contributed by atoms with van der Waals surface area (Å²) >= 11 is 0. The van der Waals surface area contributed by atoms with Crippen LogP contribution < -0.4 is 10.6 Å². The van der Waals surface area contributed by atoms with E-state index in [9.17, 15) is 19.5 Å². The van der Waals surface area contributed by atoms with Gasteiger partial charge >= 0.3 is 12.1 Å². The van der Waals surface area contributed by atoms with Gasteiger partial charge in [0.15, 0.2) is 0 Å². The van der Waals surface area contributed by atoms with Crippen molar-refractivity contribution in [1.29, 1.82) is 0 Å². The quantitative estimate of drug-likeness (QED) is 0.512. The molecule has 0 radical (unpaired) electrons. The van der Waals surface area contributed by atoms with Crippen LogP contribution in [0.4, 0.5) is 4.79 Å². The molecule has 3 atom stereocenters. The van der Waals surface area contributed by atoms with Gasteiger partial charge < -0.3 is 20.5 Å². The van der Waals surface area contributed by atoms with E-state index < -0.39 is 30.1 Å². The SMILES string of the molecule is O=C(NC(C(=O)NC1CCCCCC1C(=O)O)C1CC1)OCC1c2ccccc2-c2ccccc21. The Labute approximate surface area is 205 Å². The first-order chi connectivity index (χ1) is 17.0. The number of alkyl carbamates (subject to hydrolysis) is 1. The number of carbonyl (C=O) groups excluding carboxylic acids is 2. The van der Waals surface area contributed by atoms with Gasteiger partial charge in [-0.1, -0.05) is 67.8 Å². The highest BCUT2D eigenvalue weighted by Crippen LogP contribution is 2.44. The molecule has 35 heavy (non-hydrogen) atoms. The molecule has 5 rings (SSSR count). The Balaban J connectivity index is 1.22. The van der Waals surface area contributed by atoms with Crippen molar-refractivity contribution in [2.45, 2.75) is 62.9 Å². The highest BCUT2D eigenvalue weighted by molar-refractivity contribution is 5.87. The molecule has 2 saturated carbocycles. The molecule has 3 N–H and O–H groups in total. The number of rotatable bonds is 7. The Morgan fingerprint density at radius 3 is 2.14 bits per heavy atom. The zero-order chi connectivity index (χ0) is 24.4. The number of carbonyl (C=O) groups is 3. The lowest BCUT2D eigenvalue weighted by atomic mass is 9.94. The lowest BCUT2D eigenvalue weighted by Gasteiger charge is -2.26. The minimum absolute atomic E-state index is 0.0522. The Morgan fingerprint density at radius 2 is 1.51 bits per heavy atom. The number of carboxylic acid groups (broad SMARTS) is 1. The molecule has 3 aliphatic rings. The Hall–Kier alpha value is -3.35. The second-order valence-corrected chi connectivity index (χ2v) is 9.98. The summed E-state index contributed by atoms with van der Waals surface area (Å²) in [4.78, 5) is 37.6. The zero-order valence-corrected chi connectivity index (χ0v) is 19.7. The molecule has 3 unspecified atom stereocenters. The van der Waals surface area contributed by atoms with Gasteiger partial charge in [-0.05, 0) is 53.9 Å². The number of amides is 2. The van der Waals surface area contributed by atoms with Crippen LogP contribution in [0.5, 0.6) is 0 Å². The first-order valence-electron chi connectivity index (χ1n) is 12.7. The summed E-state index contributed by atoms with van der Waals surface area (Å²) in [6.07, 6.45) is 5.02. The summed E-state index contributed by atoms with van der Waals surface area (Å²) in [5.74, 6) is -1.76. The topological polar surface area (TPSA) is 105 Å². The van der Waals surface area contributed by atoms with E-state index in [0.29, 0.717) is 12.8 Å². The predicted molar refractivity (Wildman–Crippen MR) is 131 cm³/mol. The van der Waals surface area contributed by atoms with E-state index in [1.165, 1.54) is 0 Å². The number of ether oxygens (including phenoxy) is 1. The average molecular weight is 477 g/mol. The van der Waals surface area contributed by atoms with Gasteiger partial charge in [-0.2, -0.15) is 0 Å². The summed E-state index contributed by atoms with van der Waals surface area (Å²) in [7, 11) is 0. The van der Waals surface area contributed by atoms with Gasteiger partial charge in [0.25, 0.3) is 0 Å². The van der Waals surface area contributed by atoms with Crippen LogP contribution in [-0.4, -0.2) is 41.8 Å². The molecular weight excluding hydrogens is 444 g/mol. The van der Waals surface area contributed by atoms with Crippen LogP contribution in [0.3, 0.4) is 0 Å². The molecule has 2 fully saturated rings. The molecule has 0 aliphatic heterocycles. The summed E-state index contributed by atoms with van der Waals surface area (Å²) in [5.41, 5.74) is 4.57. The molecule has 7 nitrogen and oxygen atoms in total. The third kappa shape index (κ3) is 5.04. The van der Waals surface area contributed by atoms with Crippen molar-refractivity contribution in [3.63, 3.8) is 0 Å². The van der Waals surface area contributed by atoms with Crippen molar-refractivity contribution in [2.24, 2.45) is 11.8 Å². The second kappa shape index (κ2) is 10.1. The minimum atomic E-state index is -0.871. The molecule has 3 aliphatic carbocycles. The van der Waals surface area contributed by atoms with E-state index in [0.717, 1.165) is 54.4 Å².